The fourth-order valence-corrected chi connectivity index (χ4v) is 1.53. The molecule has 1 aromatic heterocycles. The van der Waals surface area contributed by atoms with Gasteiger partial charge >= 0.3 is 5.63 Å². The van der Waals surface area contributed by atoms with E-state index in [2.05, 4.69) is 4.42 Å². The van der Waals surface area contributed by atoms with Crippen molar-refractivity contribution in [1.82, 2.24) is 0 Å². The van der Waals surface area contributed by atoms with Crippen LogP contribution >= 0.6 is 0 Å². The van der Waals surface area contributed by atoms with Gasteiger partial charge < -0.3 is 25.5 Å². The fraction of sp³-hybridized carbons (Fsp3) is 0.100. The monoisotopic (exact) mass is 223 g/mol. The maximum absolute atomic E-state index is 11.4. The van der Waals surface area contributed by atoms with E-state index in [9.17, 15) is 20.1 Å². The van der Waals surface area contributed by atoms with Crippen LogP contribution in [0.5, 0.6) is 17.2 Å². The molecule has 6 nitrogen and oxygen atoms in total. The van der Waals surface area contributed by atoms with Crippen LogP contribution in [0, 0.1) is 0 Å². The lowest BCUT2D eigenvalue weighted by molar-refractivity contribution is 0.370. The Bertz CT molecular complexity index is 617. The second-order valence-electron chi connectivity index (χ2n) is 3.27. The number of phenols is 3. The summed E-state index contributed by atoms with van der Waals surface area (Å²) < 4.78 is 4.67. The molecule has 0 spiro atoms. The molecule has 84 valence electrons. The van der Waals surface area contributed by atoms with Gasteiger partial charge in [0, 0.05) is 17.5 Å². The normalized spacial score (nSPS) is 10.8. The van der Waals surface area contributed by atoms with Gasteiger partial charge in [-0.3, -0.25) is 0 Å². The van der Waals surface area contributed by atoms with Gasteiger partial charge in [0.2, 0.25) is 5.75 Å². The first kappa shape index (κ1) is 10.3. The molecule has 2 aromatic rings. The summed E-state index contributed by atoms with van der Waals surface area (Å²) in [6.45, 7) is 0.0258. The first-order valence-electron chi connectivity index (χ1n) is 4.44. The summed E-state index contributed by atoms with van der Waals surface area (Å²) in [6, 6.07) is 1.02. The molecule has 0 radical (unpaired) electrons. The van der Waals surface area contributed by atoms with Crippen LogP contribution in [0.3, 0.4) is 0 Å². The zero-order chi connectivity index (χ0) is 11.9. The first-order chi connectivity index (χ1) is 7.56. The summed E-state index contributed by atoms with van der Waals surface area (Å²) in [5.74, 6) is -1.86. The summed E-state index contributed by atoms with van der Waals surface area (Å²) in [5.41, 5.74) is 5.04. The average molecular weight is 223 g/mol. The highest BCUT2D eigenvalue weighted by atomic mass is 16.4. The van der Waals surface area contributed by atoms with E-state index < -0.39 is 22.9 Å². The molecule has 2 rings (SSSR count). The van der Waals surface area contributed by atoms with Crippen LogP contribution < -0.4 is 11.4 Å². The third-order valence-corrected chi connectivity index (χ3v) is 2.32. The minimum absolute atomic E-state index is 0.0258. The van der Waals surface area contributed by atoms with E-state index in [4.69, 9.17) is 5.73 Å². The van der Waals surface area contributed by atoms with Crippen LogP contribution in [0.15, 0.2) is 21.5 Å². The summed E-state index contributed by atoms with van der Waals surface area (Å²) in [6.07, 6.45) is 1.11. The zero-order valence-corrected chi connectivity index (χ0v) is 8.10. The van der Waals surface area contributed by atoms with Crippen molar-refractivity contribution in [2.45, 2.75) is 6.54 Å². The standard InChI is InChI=1S/C10H9NO5/c11-2-4-3-16-10(15)5-1-6(12)8(13)9(14)7(4)5/h1,3,12-14H,2,11H2. The van der Waals surface area contributed by atoms with Gasteiger partial charge in [-0.05, 0) is 6.07 Å². The molecule has 0 aliphatic carbocycles. The number of benzene rings is 1. The lowest BCUT2D eigenvalue weighted by Crippen LogP contribution is -2.05. The highest BCUT2D eigenvalue weighted by molar-refractivity contribution is 5.93. The Morgan fingerprint density at radius 2 is 1.94 bits per heavy atom. The summed E-state index contributed by atoms with van der Waals surface area (Å²) in [4.78, 5) is 11.4. The molecule has 0 fully saturated rings. The Morgan fingerprint density at radius 1 is 1.25 bits per heavy atom. The zero-order valence-electron chi connectivity index (χ0n) is 8.10. The number of fused-ring (bicyclic) bond motifs is 1. The van der Waals surface area contributed by atoms with Crippen LogP contribution in [-0.4, -0.2) is 15.3 Å². The minimum atomic E-state index is -0.724. The van der Waals surface area contributed by atoms with Gasteiger partial charge in [0.05, 0.1) is 5.39 Å². The van der Waals surface area contributed by atoms with Crippen LogP contribution in [0.4, 0.5) is 0 Å². The van der Waals surface area contributed by atoms with E-state index in [1.165, 1.54) is 0 Å². The highest BCUT2D eigenvalue weighted by Crippen LogP contribution is 2.41. The molecule has 0 bridgehead atoms. The molecule has 16 heavy (non-hydrogen) atoms. The molecule has 1 heterocycles. The average Bonchev–Trinajstić information content (AvgIpc) is 2.27. The molecule has 0 saturated heterocycles. The molecule has 0 unspecified atom stereocenters. The van der Waals surface area contributed by atoms with E-state index in [-0.39, 0.29) is 17.3 Å². The first-order valence-corrected chi connectivity index (χ1v) is 4.44. The van der Waals surface area contributed by atoms with Crippen molar-refractivity contribution in [2.24, 2.45) is 5.73 Å². The van der Waals surface area contributed by atoms with E-state index in [1.54, 1.807) is 0 Å². The van der Waals surface area contributed by atoms with Crippen LogP contribution in [0.2, 0.25) is 0 Å². The van der Waals surface area contributed by atoms with Gasteiger partial charge in [0.25, 0.3) is 0 Å². The van der Waals surface area contributed by atoms with Crippen molar-refractivity contribution in [3.63, 3.8) is 0 Å². The number of rotatable bonds is 1. The smallest absolute Gasteiger partial charge is 0.343 e. The number of aromatic hydroxyl groups is 3. The summed E-state index contributed by atoms with van der Waals surface area (Å²) >= 11 is 0. The third kappa shape index (κ3) is 1.28. The van der Waals surface area contributed by atoms with Crippen LogP contribution in [0.25, 0.3) is 10.8 Å². The van der Waals surface area contributed by atoms with Crippen molar-refractivity contribution in [2.75, 3.05) is 0 Å². The number of hydrogen-bond donors (Lipinski definition) is 4. The lowest BCUT2D eigenvalue weighted by atomic mass is 10.1. The Labute approximate surface area is 89.2 Å². The van der Waals surface area contributed by atoms with E-state index in [0.29, 0.717) is 5.56 Å². The predicted octanol–water partition coefficient (Wildman–Crippen LogP) is 0.368. The Balaban J connectivity index is 3.05. The van der Waals surface area contributed by atoms with Crippen molar-refractivity contribution < 1.29 is 19.7 Å². The van der Waals surface area contributed by atoms with Gasteiger partial charge in [-0.2, -0.15) is 0 Å². The summed E-state index contributed by atoms with van der Waals surface area (Å²) in [5, 5.41) is 28.3. The van der Waals surface area contributed by atoms with Gasteiger partial charge in [0.15, 0.2) is 11.5 Å². The van der Waals surface area contributed by atoms with E-state index in [0.717, 1.165) is 12.3 Å². The highest BCUT2D eigenvalue weighted by Gasteiger charge is 2.16. The molecule has 0 aliphatic rings. The van der Waals surface area contributed by atoms with Crippen molar-refractivity contribution in [1.29, 1.82) is 0 Å². The Hall–Kier alpha value is -2.21. The lowest BCUT2D eigenvalue weighted by Gasteiger charge is -2.07. The van der Waals surface area contributed by atoms with Crippen molar-refractivity contribution in [3.8, 4) is 17.2 Å². The van der Waals surface area contributed by atoms with E-state index >= 15 is 0 Å². The van der Waals surface area contributed by atoms with Gasteiger partial charge in [0.1, 0.15) is 6.26 Å². The molecule has 1 aromatic carbocycles. The Morgan fingerprint density at radius 3 is 2.56 bits per heavy atom. The molecule has 5 N–H and O–H groups in total. The fourth-order valence-electron chi connectivity index (χ4n) is 1.53. The second-order valence-corrected chi connectivity index (χ2v) is 3.27. The second kappa shape index (κ2) is 3.42. The SMILES string of the molecule is NCc1coc(=O)c2cc(O)c(O)c(O)c12. The minimum Gasteiger partial charge on any atom is -0.504 e. The quantitative estimate of drug-likeness (QED) is 0.519. The molecule has 6 heteroatoms. The number of nitrogens with two attached hydrogens (primary N) is 1. The molecule has 0 atom stereocenters. The van der Waals surface area contributed by atoms with Gasteiger partial charge in [-0.1, -0.05) is 0 Å². The Kier molecular flexibility index (Phi) is 2.21. The van der Waals surface area contributed by atoms with Crippen LogP contribution in [-0.2, 0) is 6.54 Å². The van der Waals surface area contributed by atoms with E-state index in [1.807, 2.05) is 0 Å². The largest absolute Gasteiger partial charge is 0.504 e. The van der Waals surface area contributed by atoms with Gasteiger partial charge in [-0.15, -0.1) is 0 Å². The summed E-state index contributed by atoms with van der Waals surface area (Å²) in [7, 11) is 0. The van der Waals surface area contributed by atoms with Crippen LogP contribution in [0.1, 0.15) is 5.56 Å². The molecule has 0 aliphatic heterocycles. The number of phenolic OH excluding ortho intramolecular Hbond substituents is 3. The third-order valence-electron chi connectivity index (χ3n) is 2.32. The van der Waals surface area contributed by atoms with Gasteiger partial charge in [-0.25, -0.2) is 4.79 Å². The molecule has 0 saturated carbocycles. The molecular weight excluding hydrogens is 214 g/mol. The molecular formula is C10H9NO5. The topological polar surface area (TPSA) is 117 Å². The van der Waals surface area contributed by atoms with Crippen molar-refractivity contribution in [3.05, 3.63) is 28.3 Å². The number of hydrogen-bond acceptors (Lipinski definition) is 6. The molecule has 0 amide bonds. The van der Waals surface area contributed by atoms with Crippen molar-refractivity contribution >= 4 is 10.8 Å². The maximum atomic E-state index is 11.4. The predicted molar refractivity (Wildman–Crippen MR) is 55.4 cm³/mol. The maximum Gasteiger partial charge on any atom is 0.343 e.